The van der Waals surface area contributed by atoms with E-state index in [9.17, 15) is 4.79 Å². The van der Waals surface area contributed by atoms with Crippen LogP contribution < -0.4 is 9.80 Å². The largest absolute Gasteiger partial charge is 0.378 e. The number of carbonyl (C=O) groups is 1. The van der Waals surface area contributed by atoms with E-state index in [-0.39, 0.29) is 12.0 Å². The predicted octanol–water partition coefficient (Wildman–Crippen LogP) is 4.32. The van der Waals surface area contributed by atoms with Gasteiger partial charge in [0.1, 0.15) is 0 Å². The van der Waals surface area contributed by atoms with Gasteiger partial charge in [-0.25, -0.2) is 0 Å². The summed E-state index contributed by atoms with van der Waals surface area (Å²) in [6, 6.07) is 8.50. The van der Waals surface area contributed by atoms with Crippen LogP contribution in [-0.2, 0) is 4.79 Å². The first kappa shape index (κ1) is 16.9. The second-order valence-electron chi connectivity index (χ2n) is 7.17. The third kappa shape index (κ3) is 3.82. The Hall–Kier alpha value is -1.51. The van der Waals surface area contributed by atoms with Crippen molar-refractivity contribution in [3.05, 3.63) is 24.3 Å². The van der Waals surface area contributed by atoms with E-state index in [0.29, 0.717) is 5.91 Å². The maximum atomic E-state index is 13.0. The zero-order valence-electron chi connectivity index (χ0n) is 14.7. The summed E-state index contributed by atoms with van der Waals surface area (Å²) < 4.78 is 0. The molecule has 22 heavy (non-hydrogen) atoms. The Morgan fingerprint density at radius 3 is 1.95 bits per heavy atom. The van der Waals surface area contributed by atoms with Gasteiger partial charge < -0.3 is 9.80 Å². The summed E-state index contributed by atoms with van der Waals surface area (Å²) in [5.74, 6) is 1.28. The van der Waals surface area contributed by atoms with Crippen LogP contribution in [0.25, 0.3) is 0 Å². The van der Waals surface area contributed by atoms with Gasteiger partial charge in [0, 0.05) is 37.4 Å². The summed E-state index contributed by atoms with van der Waals surface area (Å²) in [4.78, 5) is 17.0. The lowest BCUT2D eigenvalue weighted by Crippen LogP contribution is -2.42. The average molecular weight is 302 g/mol. The van der Waals surface area contributed by atoms with Gasteiger partial charge in [-0.3, -0.25) is 4.79 Å². The van der Waals surface area contributed by atoms with Crippen molar-refractivity contribution in [2.24, 2.45) is 11.8 Å². The first-order valence-electron chi connectivity index (χ1n) is 8.50. The van der Waals surface area contributed by atoms with Gasteiger partial charge in [0.15, 0.2) is 0 Å². The minimum Gasteiger partial charge on any atom is -0.378 e. The van der Waals surface area contributed by atoms with Crippen molar-refractivity contribution in [3.63, 3.8) is 0 Å². The van der Waals surface area contributed by atoms with Crippen molar-refractivity contribution in [2.45, 2.75) is 52.5 Å². The van der Waals surface area contributed by atoms with Gasteiger partial charge in [-0.15, -0.1) is 0 Å². The molecule has 0 saturated heterocycles. The zero-order valence-corrected chi connectivity index (χ0v) is 14.7. The molecule has 1 aliphatic rings. The molecule has 1 aromatic rings. The summed E-state index contributed by atoms with van der Waals surface area (Å²) in [6.07, 6.45) is 4.45. The molecular weight excluding hydrogens is 272 g/mol. The first-order chi connectivity index (χ1) is 10.4. The van der Waals surface area contributed by atoms with Crippen molar-refractivity contribution < 1.29 is 4.79 Å². The van der Waals surface area contributed by atoms with E-state index < -0.39 is 0 Å². The molecule has 0 aromatic heterocycles. The Labute approximate surface area is 135 Å². The second kappa shape index (κ2) is 7.17. The Balaban J connectivity index is 2.17. The molecule has 122 valence electrons. The van der Waals surface area contributed by atoms with Crippen LogP contribution in [0.4, 0.5) is 11.4 Å². The van der Waals surface area contributed by atoms with Crippen molar-refractivity contribution >= 4 is 17.3 Å². The summed E-state index contributed by atoms with van der Waals surface area (Å²) in [6.45, 7) is 6.49. The van der Waals surface area contributed by atoms with Gasteiger partial charge >= 0.3 is 0 Å². The van der Waals surface area contributed by atoms with Crippen molar-refractivity contribution in [1.82, 2.24) is 0 Å². The van der Waals surface area contributed by atoms with Crippen molar-refractivity contribution in [2.75, 3.05) is 23.9 Å². The third-order valence-electron chi connectivity index (χ3n) is 4.76. The number of nitrogens with zero attached hydrogens (tertiary/aromatic N) is 2. The lowest BCUT2D eigenvalue weighted by Gasteiger charge is -2.33. The minimum atomic E-state index is 0.192. The summed E-state index contributed by atoms with van der Waals surface area (Å²) in [5, 5.41) is 0. The summed E-state index contributed by atoms with van der Waals surface area (Å²) >= 11 is 0. The smallest absolute Gasteiger partial charge is 0.230 e. The molecule has 0 radical (unpaired) electrons. The maximum Gasteiger partial charge on any atom is 0.230 e. The second-order valence-corrected chi connectivity index (χ2v) is 7.17. The van der Waals surface area contributed by atoms with Crippen LogP contribution in [0.5, 0.6) is 0 Å². The van der Waals surface area contributed by atoms with E-state index >= 15 is 0 Å². The molecule has 0 N–H and O–H groups in total. The van der Waals surface area contributed by atoms with E-state index in [1.165, 1.54) is 12.8 Å². The Morgan fingerprint density at radius 1 is 1.00 bits per heavy atom. The molecule has 3 nitrogen and oxygen atoms in total. The van der Waals surface area contributed by atoms with Crippen LogP contribution in [0.15, 0.2) is 24.3 Å². The van der Waals surface area contributed by atoms with Gasteiger partial charge in [-0.2, -0.15) is 0 Å². The number of hydrogen-bond donors (Lipinski definition) is 0. The fourth-order valence-corrected chi connectivity index (χ4v) is 3.29. The normalized spacial score (nSPS) is 21.7. The Kier molecular flexibility index (Phi) is 5.49. The maximum absolute atomic E-state index is 13.0. The van der Waals surface area contributed by atoms with Crippen LogP contribution >= 0.6 is 0 Å². The molecule has 1 saturated carbocycles. The van der Waals surface area contributed by atoms with Crippen LogP contribution in [0.3, 0.4) is 0 Å². The molecule has 0 spiro atoms. The van der Waals surface area contributed by atoms with Crippen LogP contribution in [-0.4, -0.2) is 26.0 Å². The lowest BCUT2D eigenvalue weighted by molar-refractivity contribution is -0.123. The number of carbonyl (C=O) groups excluding carboxylic acids is 1. The molecule has 0 heterocycles. The highest BCUT2D eigenvalue weighted by molar-refractivity contribution is 5.95. The molecule has 0 atom stereocenters. The summed E-state index contributed by atoms with van der Waals surface area (Å²) in [7, 11) is 4.06. The molecule has 0 aliphatic heterocycles. The van der Waals surface area contributed by atoms with Crippen molar-refractivity contribution in [1.29, 1.82) is 0 Å². The van der Waals surface area contributed by atoms with Crippen LogP contribution in [0.1, 0.15) is 46.5 Å². The molecular formula is C19H30N2O. The van der Waals surface area contributed by atoms with E-state index in [4.69, 9.17) is 0 Å². The van der Waals surface area contributed by atoms with Crippen LogP contribution in [0.2, 0.25) is 0 Å². The minimum absolute atomic E-state index is 0.192. The number of rotatable bonds is 4. The number of anilines is 2. The Morgan fingerprint density at radius 2 is 1.50 bits per heavy atom. The molecule has 1 aromatic carbocycles. The van der Waals surface area contributed by atoms with Gasteiger partial charge in [0.25, 0.3) is 0 Å². The summed E-state index contributed by atoms with van der Waals surface area (Å²) in [5.41, 5.74) is 2.18. The standard InChI is InChI=1S/C19H30N2O/c1-14(2)21(18-12-10-17(11-13-18)20(4)5)19(22)16-8-6-15(3)7-9-16/h10-16H,6-9H2,1-5H3. The van der Waals surface area contributed by atoms with E-state index in [1.807, 2.05) is 19.0 Å². The average Bonchev–Trinajstić information content (AvgIpc) is 2.48. The van der Waals surface area contributed by atoms with Gasteiger partial charge in [-0.1, -0.05) is 6.92 Å². The molecule has 1 fully saturated rings. The van der Waals surface area contributed by atoms with E-state index in [2.05, 4.69) is 49.9 Å². The van der Waals surface area contributed by atoms with E-state index in [0.717, 1.165) is 30.1 Å². The van der Waals surface area contributed by atoms with Gasteiger partial charge in [0.2, 0.25) is 5.91 Å². The van der Waals surface area contributed by atoms with Crippen molar-refractivity contribution in [3.8, 4) is 0 Å². The first-order valence-corrected chi connectivity index (χ1v) is 8.50. The Bertz CT molecular complexity index is 485. The third-order valence-corrected chi connectivity index (χ3v) is 4.76. The number of amides is 1. The molecule has 0 unspecified atom stereocenters. The molecule has 1 amide bonds. The number of benzene rings is 1. The molecule has 3 heteroatoms. The highest BCUT2D eigenvalue weighted by Gasteiger charge is 2.30. The predicted molar refractivity (Wildman–Crippen MR) is 94.5 cm³/mol. The van der Waals surface area contributed by atoms with Gasteiger partial charge in [-0.05, 0) is 69.7 Å². The molecule has 2 rings (SSSR count). The topological polar surface area (TPSA) is 23.6 Å². The number of hydrogen-bond acceptors (Lipinski definition) is 2. The fourth-order valence-electron chi connectivity index (χ4n) is 3.29. The zero-order chi connectivity index (χ0) is 16.3. The quantitative estimate of drug-likeness (QED) is 0.827. The highest BCUT2D eigenvalue weighted by atomic mass is 16.2. The lowest BCUT2D eigenvalue weighted by atomic mass is 9.82. The monoisotopic (exact) mass is 302 g/mol. The van der Waals surface area contributed by atoms with Crippen LogP contribution in [0, 0.1) is 11.8 Å². The van der Waals surface area contributed by atoms with Gasteiger partial charge in [0.05, 0.1) is 0 Å². The highest BCUT2D eigenvalue weighted by Crippen LogP contribution is 2.32. The SMILES string of the molecule is CC1CCC(C(=O)N(c2ccc(N(C)C)cc2)C(C)C)CC1. The van der Waals surface area contributed by atoms with E-state index in [1.54, 1.807) is 0 Å². The molecule has 0 bridgehead atoms. The molecule has 1 aliphatic carbocycles. The fraction of sp³-hybridized carbons (Fsp3) is 0.632.